The minimum Gasteiger partial charge on any atom is -0.388 e. The first-order valence-electron chi connectivity index (χ1n) is 4.36. The lowest BCUT2D eigenvalue weighted by Gasteiger charge is -1.97. The number of rotatable bonds is 3. The summed E-state index contributed by atoms with van der Waals surface area (Å²) in [5.74, 6) is 0. The molecule has 2 rings (SSSR count). The first-order valence-corrected chi connectivity index (χ1v) is 5.17. The monoisotopic (exact) mass is 209 g/mol. The standard InChI is InChI=1S/C9H11N3OS/c1-7(13)8-5-10-9(14-8)6-12-4-2-3-11-12/h2-5,7,13H,6H2,1H3. The molecule has 0 fully saturated rings. The van der Waals surface area contributed by atoms with Crippen LogP contribution in [0.25, 0.3) is 0 Å². The third-order valence-corrected chi connectivity index (χ3v) is 2.99. The summed E-state index contributed by atoms with van der Waals surface area (Å²) in [7, 11) is 0. The minimum absolute atomic E-state index is 0.432. The molecule has 0 bridgehead atoms. The van der Waals surface area contributed by atoms with Gasteiger partial charge in [-0.25, -0.2) is 4.98 Å². The number of hydrogen-bond donors (Lipinski definition) is 1. The third-order valence-electron chi connectivity index (χ3n) is 1.84. The van der Waals surface area contributed by atoms with E-state index in [2.05, 4.69) is 10.1 Å². The topological polar surface area (TPSA) is 50.9 Å². The van der Waals surface area contributed by atoms with Crippen LogP contribution >= 0.6 is 11.3 Å². The Morgan fingerprint density at radius 1 is 1.64 bits per heavy atom. The van der Waals surface area contributed by atoms with Crippen molar-refractivity contribution in [2.24, 2.45) is 0 Å². The van der Waals surface area contributed by atoms with Crippen LogP contribution < -0.4 is 0 Å². The summed E-state index contributed by atoms with van der Waals surface area (Å²) in [6, 6.07) is 1.88. The van der Waals surface area contributed by atoms with Crippen LogP contribution in [-0.4, -0.2) is 19.9 Å². The second kappa shape index (κ2) is 3.89. The summed E-state index contributed by atoms with van der Waals surface area (Å²) in [6.07, 6.45) is 4.92. The van der Waals surface area contributed by atoms with E-state index in [4.69, 9.17) is 0 Å². The zero-order valence-corrected chi connectivity index (χ0v) is 8.61. The molecule has 0 aliphatic carbocycles. The highest BCUT2D eigenvalue weighted by Gasteiger charge is 2.06. The van der Waals surface area contributed by atoms with Crippen molar-refractivity contribution in [2.45, 2.75) is 19.6 Å². The van der Waals surface area contributed by atoms with Crippen molar-refractivity contribution >= 4 is 11.3 Å². The number of aliphatic hydroxyl groups excluding tert-OH is 1. The van der Waals surface area contributed by atoms with Gasteiger partial charge in [0.15, 0.2) is 0 Å². The molecule has 14 heavy (non-hydrogen) atoms. The van der Waals surface area contributed by atoms with Crippen molar-refractivity contribution in [1.29, 1.82) is 0 Å². The Morgan fingerprint density at radius 3 is 3.07 bits per heavy atom. The van der Waals surface area contributed by atoms with E-state index in [0.717, 1.165) is 9.88 Å². The number of nitrogens with zero attached hydrogens (tertiary/aromatic N) is 3. The molecule has 4 nitrogen and oxygen atoms in total. The van der Waals surface area contributed by atoms with E-state index >= 15 is 0 Å². The first-order chi connectivity index (χ1) is 6.75. The molecule has 0 aliphatic heterocycles. The highest BCUT2D eigenvalue weighted by molar-refractivity contribution is 7.11. The average Bonchev–Trinajstić information content (AvgIpc) is 2.75. The molecule has 5 heteroatoms. The fraction of sp³-hybridized carbons (Fsp3) is 0.333. The van der Waals surface area contributed by atoms with Gasteiger partial charge in [0.1, 0.15) is 5.01 Å². The number of thiazole rings is 1. The Balaban J connectivity index is 2.11. The van der Waals surface area contributed by atoms with Crippen LogP contribution in [0.1, 0.15) is 22.9 Å². The SMILES string of the molecule is CC(O)c1cnc(Cn2cccn2)s1. The summed E-state index contributed by atoms with van der Waals surface area (Å²) in [6.45, 7) is 2.41. The van der Waals surface area contributed by atoms with Crippen molar-refractivity contribution in [3.63, 3.8) is 0 Å². The minimum atomic E-state index is -0.432. The van der Waals surface area contributed by atoms with Crippen LogP contribution in [0.15, 0.2) is 24.7 Å². The van der Waals surface area contributed by atoms with Gasteiger partial charge in [0.2, 0.25) is 0 Å². The molecule has 1 unspecified atom stereocenters. The van der Waals surface area contributed by atoms with Gasteiger partial charge in [-0.05, 0) is 13.0 Å². The number of aromatic nitrogens is 3. The Bertz CT molecular complexity index is 394. The van der Waals surface area contributed by atoms with Crippen molar-refractivity contribution < 1.29 is 5.11 Å². The molecular formula is C9H11N3OS. The van der Waals surface area contributed by atoms with Crippen LogP contribution in [0.5, 0.6) is 0 Å². The Kier molecular flexibility index (Phi) is 2.60. The second-order valence-electron chi connectivity index (χ2n) is 3.04. The van der Waals surface area contributed by atoms with Crippen LogP contribution in [0.3, 0.4) is 0 Å². The quantitative estimate of drug-likeness (QED) is 0.832. The Morgan fingerprint density at radius 2 is 2.50 bits per heavy atom. The maximum atomic E-state index is 9.31. The molecule has 1 atom stereocenters. The predicted molar refractivity (Wildman–Crippen MR) is 54.1 cm³/mol. The van der Waals surface area contributed by atoms with Gasteiger partial charge in [-0.1, -0.05) is 0 Å². The maximum Gasteiger partial charge on any atom is 0.114 e. The molecule has 0 aromatic carbocycles. The van der Waals surface area contributed by atoms with E-state index in [0.29, 0.717) is 6.54 Å². The molecule has 74 valence electrons. The molecule has 0 spiro atoms. The first kappa shape index (κ1) is 9.36. The maximum absolute atomic E-state index is 9.31. The predicted octanol–water partition coefficient (Wildman–Crippen LogP) is 1.44. The molecule has 2 heterocycles. The van der Waals surface area contributed by atoms with E-state index in [9.17, 15) is 5.11 Å². The summed E-state index contributed by atoms with van der Waals surface area (Å²) in [4.78, 5) is 5.11. The van der Waals surface area contributed by atoms with Gasteiger partial charge in [0.25, 0.3) is 0 Å². The van der Waals surface area contributed by atoms with Crippen molar-refractivity contribution in [3.05, 3.63) is 34.5 Å². The lowest BCUT2D eigenvalue weighted by atomic mass is 10.4. The van der Waals surface area contributed by atoms with Gasteiger partial charge in [0.05, 0.1) is 17.5 Å². The lowest BCUT2D eigenvalue weighted by Crippen LogP contribution is -1.98. The van der Waals surface area contributed by atoms with Crippen LogP contribution in [0.4, 0.5) is 0 Å². The van der Waals surface area contributed by atoms with Gasteiger partial charge in [-0.3, -0.25) is 4.68 Å². The zero-order chi connectivity index (χ0) is 9.97. The molecule has 0 aliphatic rings. The smallest absolute Gasteiger partial charge is 0.114 e. The van der Waals surface area contributed by atoms with Gasteiger partial charge in [-0.15, -0.1) is 11.3 Å². The molecule has 2 aromatic heterocycles. The largest absolute Gasteiger partial charge is 0.388 e. The summed E-state index contributed by atoms with van der Waals surface area (Å²) in [5, 5.41) is 14.4. The average molecular weight is 209 g/mol. The third kappa shape index (κ3) is 2.00. The van der Waals surface area contributed by atoms with Crippen molar-refractivity contribution in [2.75, 3.05) is 0 Å². The molecule has 2 aromatic rings. The molecule has 0 amide bonds. The number of aliphatic hydroxyl groups is 1. The Hall–Kier alpha value is -1.20. The molecule has 0 saturated carbocycles. The van der Waals surface area contributed by atoms with Gasteiger partial charge in [0, 0.05) is 18.6 Å². The van der Waals surface area contributed by atoms with E-state index < -0.39 is 6.10 Å². The summed E-state index contributed by atoms with van der Waals surface area (Å²) in [5.41, 5.74) is 0. The highest BCUT2D eigenvalue weighted by atomic mass is 32.1. The summed E-state index contributed by atoms with van der Waals surface area (Å²) >= 11 is 1.52. The molecular weight excluding hydrogens is 198 g/mol. The van der Waals surface area contributed by atoms with Gasteiger partial charge in [-0.2, -0.15) is 5.10 Å². The van der Waals surface area contributed by atoms with Crippen LogP contribution in [0.2, 0.25) is 0 Å². The van der Waals surface area contributed by atoms with Crippen molar-refractivity contribution in [1.82, 2.24) is 14.8 Å². The summed E-state index contributed by atoms with van der Waals surface area (Å²) < 4.78 is 1.81. The fourth-order valence-electron chi connectivity index (χ4n) is 1.12. The second-order valence-corrected chi connectivity index (χ2v) is 4.18. The number of hydrogen-bond acceptors (Lipinski definition) is 4. The van der Waals surface area contributed by atoms with Crippen LogP contribution in [-0.2, 0) is 6.54 Å². The van der Waals surface area contributed by atoms with E-state index in [1.807, 2.05) is 16.9 Å². The van der Waals surface area contributed by atoms with Gasteiger partial charge >= 0.3 is 0 Å². The molecule has 0 saturated heterocycles. The van der Waals surface area contributed by atoms with Crippen molar-refractivity contribution in [3.8, 4) is 0 Å². The normalized spacial score (nSPS) is 13.0. The fourth-order valence-corrected chi connectivity index (χ4v) is 1.97. The molecule has 0 radical (unpaired) electrons. The van der Waals surface area contributed by atoms with E-state index in [1.165, 1.54) is 11.3 Å². The zero-order valence-electron chi connectivity index (χ0n) is 7.79. The van der Waals surface area contributed by atoms with Gasteiger partial charge < -0.3 is 5.11 Å². The van der Waals surface area contributed by atoms with Crippen LogP contribution in [0, 0.1) is 0 Å². The Labute approximate surface area is 85.8 Å². The van der Waals surface area contributed by atoms with E-state index in [-0.39, 0.29) is 0 Å². The lowest BCUT2D eigenvalue weighted by molar-refractivity contribution is 0.203. The highest BCUT2D eigenvalue weighted by Crippen LogP contribution is 2.20. The molecule has 1 N–H and O–H groups in total. The van der Waals surface area contributed by atoms with E-state index in [1.54, 1.807) is 19.3 Å².